The van der Waals surface area contributed by atoms with E-state index in [2.05, 4.69) is 67.4 Å². The molecule has 4 aliphatic heterocycles. The molecule has 4 fully saturated rings. The van der Waals surface area contributed by atoms with Crippen LogP contribution in [0, 0.1) is 29.9 Å². The van der Waals surface area contributed by atoms with Gasteiger partial charge in [0.2, 0.25) is 12.8 Å². The molecule has 2 aromatic heterocycles. The van der Waals surface area contributed by atoms with Crippen molar-refractivity contribution in [2.75, 3.05) is 110 Å². The quantitative estimate of drug-likeness (QED) is 0.0319. The summed E-state index contributed by atoms with van der Waals surface area (Å²) in [5.41, 5.74) is 2.91. The summed E-state index contributed by atoms with van der Waals surface area (Å²) in [6, 6.07) is 15.5. The number of nitrogens with one attached hydrogen (secondary N) is 2. The number of nitrogens with zero attached hydrogens (tertiary/aromatic N) is 9. The number of terminal acetylenes is 1. The molecule has 2 N–H and O–H groups in total. The van der Waals surface area contributed by atoms with Crippen LogP contribution < -0.4 is 30.1 Å². The van der Waals surface area contributed by atoms with Crippen LogP contribution in [0.2, 0.25) is 0 Å². The number of likely N-dealkylation sites (N-methyl/N-ethyl adjacent to an activating group) is 1. The molecule has 4 aliphatic rings. The number of piperazine rings is 1. The number of halogens is 2. The van der Waals surface area contributed by atoms with E-state index in [1.807, 2.05) is 76.4 Å². The highest BCUT2D eigenvalue weighted by atomic mass is 19.1. The molecule has 2 bridgehead atoms. The van der Waals surface area contributed by atoms with Crippen LogP contribution in [0.15, 0.2) is 54.7 Å². The summed E-state index contributed by atoms with van der Waals surface area (Å²) in [5.74, 6) is 2.11. The zero-order valence-corrected chi connectivity index (χ0v) is 53.9. The Hall–Kier alpha value is -7.42. The minimum atomic E-state index is -0.695. The van der Waals surface area contributed by atoms with Crippen molar-refractivity contribution in [1.29, 1.82) is 0 Å². The first-order valence-electron chi connectivity index (χ1n) is 30.8. The predicted octanol–water partition coefficient (Wildman–Crippen LogP) is 8.67. The van der Waals surface area contributed by atoms with Crippen LogP contribution in [-0.2, 0) is 39.9 Å². The molecule has 0 aliphatic carbocycles. The van der Waals surface area contributed by atoms with Crippen LogP contribution in [0.4, 0.5) is 30.8 Å². The average Bonchev–Trinajstić information content (AvgIpc) is 1.80. The molecular formula is C67H93F2N11O9. The molecule has 6 heterocycles. The van der Waals surface area contributed by atoms with Crippen molar-refractivity contribution >= 4 is 70.9 Å². The summed E-state index contributed by atoms with van der Waals surface area (Å²) in [4.78, 5) is 78.8. The van der Waals surface area contributed by atoms with Crippen LogP contribution in [0.5, 0.6) is 6.01 Å². The van der Waals surface area contributed by atoms with Gasteiger partial charge in [-0.3, -0.25) is 29.3 Å². The number of hydrogen-bond donors (Lipinski definition) is 2. The third-order valence-electron chi connectivity index (χ3n) is 17.0. The van der Waals surface area contributed by atoms with Crippen molar-refractivity contribution in [1.82, 2.24) is 40.3 Å². The summed E-state index contributed by atoms with van der Waals surface area (Å²) in [7, 11) is 11.2. The third-order valence-corrected chi connectivity index (χ3v) is 17.0. The van der Waals surface area contributed by atoms with Crippen molar-refractivity contribution in [3.05, 3.63) is 77.5 Å². The molecule has 0 saturated carbocycles. The molecule has 0 radical (unpaired) electrons. The van der Waals surface area contributed by atoms with Gasteiger partial charge in [0, 0.05) is 102 Å². The van der Waals surface area contributed by atoms with Crippen molar-refractivity contribution < 1.29 is 51.7 Å². The van der Waals surface area contributed by atoms with E-state index in [4.69, 9.17) is 35.0 Å². The maximum Gasteiger partial charge on any atom is 0.410 e. The Kier molecular flexibility index (Phi) is 27.0. The smallest absolute Gasteiger partial charge is 0.410 e. The van der Waals surface area contributed by atoms with E-state index in [0.717, 1.165) is 95.8 Å². The number of pyridine rings is 1. The summed E-state index contributed by atoms with van der Waals surface area (Å²) < 4.78 is 54.5. The highest BCUT2D eigenvalue weighted by Gasteiger charge is 2.45. The zero-order valence-electron chi connectivity index (χ0n) is 53.9. The zero-order chi connectivity index (χ0) is 65.0. The highest BCUT2D eigenvalue weighted by Crippen LogP contribution is 2.40. The fraction of sp³-hybridized carbons (Fsp3) is 0.552. The Balaban J connectivity index is 0.000000261. The molecule has 20 nitrogen and oxygen atoms in total. The van der Waals surface area contributed by atoms with Crippen LogP contribution in [0.1, 0.15) is 104 Å². The van der Waals surface area contributed by atoms with Crippen molar-refractivity contribution in [2.45, 2.75) is 141 Å². The van der Waals surface area contributed by atoms with Gasteiger partial charge in [0.25, 0.3) is 0 Å². The molecule has 9 rings (SSSR count). The molecule has 4 saturated heterocycles. The minimum Gasteiger partial charge on any atom is -0.467 e. The first-order chi connectivity index (χ1) is 42.8. The van der Waals surface area contributed by atoms with E-state index in [9.17, 15) is 18.8 Å². The van der Waals surface area contributed by atoms with Crippen molar-refractivity contribution in [3.63, 3.8) is 0 Å². The number of carbonyl (C=O) groups is 5. The van der Waals surface area contributed by atoms with Gasteiger partial charge in [0.1, 0.15) is 41.5 Å². The Labute approximate surface area is 524 Å². The molecular weight excluding hydrogens is 1140 g/mol. The number of amides is 3. The average molecular weight is 1230 g/mol. The van der Waals surface area contributed by atoms with Gasteiger partial charge < -0.3 is 53.9 Å². The van der Waals surface area contributed by atoms with E-state index in [0.29, 0.717) is 77.9 Å². The van der Waals surface area contributed by atoms with Crippen LogP contribution >= 0.6 is 0 Å². The minimum absolute atomic E-state index is 0.00116. The topological polar surface area (TPSA) is 204 Å². The molecule has 0 spiro atoms. The van der Waals surface area contributed by atoms with E-state index in [-0.39, 0.29) is 53.1 Å². The van der Waals surface area contributed by atoms with E-state index in [1.165, 1.54) is 44.2 Å². The van der Waals surface area contributed by atoms with Gasteiger partial charge >= 0.3 is 12.1 Å². The number of anilines is 3. The Morgan fingerprint density at radius 2 is 1.65 bits per heavy atom. The number of aldehydes is 1. The fourth-order valence-corrected chi connectivity index (χ4v) is 12.2. The van der Waals surface area contributed by atoms with Crippen LogP contribution in [0.25, 0.3) is 32.9 Å². The molecule has 484 valence electrons. The molecule has 6 unspecified atom stereocenters. The second kappa shape index (κ2) is 34.0. The Bertz CT molecular complexity index is 3160. The first kappa shape index (κ1) is 70.7. The number of ether oxygens (including phenoxy) is 4. The van der Waals surface area contributed by atoms with Gasteiger partial charge in [-0.05, 0) is 135 Å². The van der Waals surface area contributed by atoms with Gasteiger partial charge in [0.15, 0.2) is 5.82 Å². The Morgan fingerprint density at radius 1 is 0.944 bits per heavy atom. The van der Waals surface area contributed by atoms with Crippen LogP contribution in [0.3, 0.4) is 0 Å². The standard InChI is InChI=1S/C33H57N5O4.C31H29F2N5O3.C2H5NO.CH2O/c1-7-29-11-12-30(36(29)6)24-41-18-15-27(14-16-34-3)23-42-31-21-37(22-31)20-28-10-13-32(33(19-28)35(4)5)38(25-40)26(2)9-8-17-39;1-6-20-23(32)13-10-17-8-7-9-21(24(17)20)26-25(33)27-22(14-34-26)28(36-29(35-27)40-5)37-15-18-11-12-19(16-37)38(18)30(39)41-31(2,3)4;1-3-2-4;1-2/h10,13,17,19,25-27,29-31,34H,7-9,11-12,14-16,18,20-24H2,1-6H3;1,7-10,13-14,18-19H,11-12,15-16H2,2-5H3;2H,1H3,(H,3,4);1H2. The van der Waals surface area contributed by atoms with Crippen molar-refractivity contribution in [3.8, 4) is 29.6 Å². The summed E-state index contributed by atoms with van der Waals surface area (Å²) in [6.07, 6.45) is 18.2. The number of methoxy groups -OCH3 is 1. The molecule has 22 heteroatoms. The largest absolute Gasteiger partial charge is 0.467 e. The summed E-state index contributed by atoms with van der Waals surface area (Å²) >= 11 is 0. The van der Waals surface area contributed by atoms with Gasteiger partial charge in [-0.15, -0.1) is 6.42 Å². The number of hydrogen-bond acceptors (Lipinski definition) is 17. The lowest BCUT2D eigenvalue weighted by molar-refractivity contribution is -0.109. The number of benzene rings is 3. The van der Waals surface area contributed by atoms with Gasteiger partial charge in [0.05, 0.1) is 60.8 Å². The molecule has 6 atom stereocenters. The van der Waals surface area contributed by atoms with E-state index in [1.54, 1.807) is 36.2 Å². The van der Waals surface area contributed by atoms with Crippen LogP contribution in [-0.4, -0.2) is 198 Å². The SMILES string of the molecule is C#Cc1c(F)ccc2cccc(-c3ncc4c(N5CC6CCC(C5)N6C(=O)OC(C)(C)C)nc(OC)nc4c3F)c12.C=O.CCC1CCC(COCCC(CCNC)COC2CN(Cc3ccc(N(C=O)C(C)CCC=O)c(N(C)C)c3)C2)N1C.CNC=O. The number of aromatic nitrogens is 3. The lowest BCUT2D eigenvalue weighted by Crippen LogP contribution is -2.57. The van der Waals surface area contributed by atoms with Gasteiger partial charge in [-0.1, -0.05) is 43.2 Å². The second-order valence-corrected chi connectivity index (χ2v) is 24.3. The lowest BCUT2D eigenvalue weighted by atomic mass is 9.96. The van der Waals surface area contributed by atoms with Gasteiger partial charge in [-0.25, -0.2) is 13.6 Å². The van der Waals surface area contributed by atoms with Crippen molar-refractivity contribution in [2.24, 2.45) is 5.92 Å². The van der Waals surface area contributed by atoms with E-state index < -0.39 is 17.2 Å². The highest BCUT2D eigenvalue weighted by molar-refractivity contribution is 6.02. The van der Waals surface area contributed by atoms with Gasteiger partial charge in [-0.2, -0.15) is 9.97 Å². The Morgan fingerprint density at radius 3 is 2.26 bits per heavy atom. The fourth-order valence-electron chi connectivity index (χ4n) is 12.2. The molecule has 5 aromatic rings. The second-order valence-electron chi connectivity index (χ2n) is 24.3. The number of likely N-dealkylation sites (tertiary alicyclic amines) is 2. The normalized spacial score (nSPS) is 18.8. The predicted molar refractivity (Wildman–Crippen MR) is 345 cm³/mol. The first-order valence-corrected chi connectivity index (χ1v) is 30.8. The lowest BCUT2D eigenvalue weighted by Gasteiger charge is -2.42. The number of fused-ring (bicyclic) bond motifs is 4. The summed E-state index contributed by atoms with van der Waals surface area (Å²) in [6.45, 7) is 18.9. The molecule has 89 heavy (non-hydrogen) atoms. The number of carbonyl (C=O) groups excluding carboxylic acids is 5. The summed E-state index contributed by atoms with van der Waals surface area (Å²) in [5, 5.41) is 7.01. The maximum absolute atomic E-state index is 16.3. The third kappa shape index (κ3) is 18.1. The maximum atomic E-state index is 16.3. The molecule has 3 amide bonds. The monoisotopic (exact) mass is 1230 g/mol. The van der Waals surface area contributed by atoms with E-state index >= 15 is 4.39 Å². The number of rotatable bonds is 25. The molecule has 3 aromatic carbocycles.